The fourth-order valence-corrected chi connectivity index (χ4v) is 3.59. The second kappa shape index (κ2) is 4.51. The number of benzene rings is 1. The lowest BCUT2D eigenvalue weighted by Crippen LogP contribution is -2.34. The molecule has 0 aromatic heterocycles. The molecule has 1 aromatic carbocycles. The van der Waals surface area contributed by atoms with E-state index < -0.39 is 0 Å². The topological polar surface area (TPSA) is 35.2 Å². The normalized spacial score (nSPS) is 18.4. The molecule has 0 unspecified atom stereocenters. The minimum Gasteiger partial charge on any atom is -0.496 e. The molecule has 2 N–H and O–H groups in total. The molecule has 17 heavy (non-hydrogen) atoms. The van der Waals surface area contributed by atoms with E-state index in [4.69, 9.17) is 22.1 Å². The summed E-state index contributed by atoms with van der Waals surface area (Å²) >= 11 is 6.40. The minimum atomic E-state index is -0.262. The number of hydrogen-bond acceptors (Lipinski definition) is 2. The summed E-state index contributed by atoms with van der Waals surface area (Å²) in [4.78, 5) is 0. The highest BCUT2D eigenvalue weighted by Gasteiger charge is 2.35. The SMILES string of the molecule is COc1c(C)cc(Cl)c(C2(N)CCCC2)c1C. The highest BCUT2D eigenvalue weighted by molar-refractivity contribution is 6.31. The molecule has 0 atom stereocenters. The summed E-state index contributed by atoms with van der Waals surface area (Å²) in [6.45, 7) is 4.07. The van der Waals surface area contributed by atoms with Gasteiger partial charge >= 0.3 is 0 Å². The van der Waals surface area contributed by atoms with Crippen molar-refractivity contribution in [1.29, 1.82) is 0 Å². The Balaban J connectivity index is 2.60. The van der Waals surface area contributed by atoms with E-state index in [-0.39, 0.29) is 5.54 Å². The van der Waals surface area contributed by atoms with Gasteiger partial charge in [-0.1, -0.05) is 24.4 Å². The van der Waals surface area contributed by atoms with Crippen molar-refractivity contribution in [2.75, 3.05) is 7.11 Å². The van der Waals surface area contributed by atoms with E-state index >= 15 is 0 Å². The Bertz CT molecular complexity index is 436. The first-order valence-electron chi connectivity index (χ1n) is 6.12. The van der Waals surface area contributed by atoms with Crippen molar-refractivity contribution in [3.05, 3.63) is 27.8 Å². The maximum absolute atomic E-state index is 6.52. The molecule has 0 amide bonds. The number of nitrogens with two attached hydrogens (primary N) is 1. The molecular formula is C14H20ClNO. The van der Waals surface area contributed by atoms with E-state index in [1.54, 1.807) is 7.11 Å². The smallest absolute Gasteiger partial charge is 0.125 e. The third kappa shape index (κ3) is 2.04. The van der Waals surface area contributed by atoms with Gasteiger partial charge in [-0.25, -0.2) is 0 Å². The highest BCUT2D eigenvalue weighted by Crippen LogP contribution is 2.44. The average molecular weight is 254 g/mol. The van der Waals surface area contributed by atoms with Crippen molar-refractivity contribution in [3.8, 4) is 5.75 Å². The zero-order chi connectivity index (χ0) is 12.6. The van der Waals surface area contributed by atoms with Crippen molar-refractivity contribution in [2.24, 2.45) is 5.73 Å². The molecule has 0 radical (unpaired) electrons. The molecule has 0 heterocycles. The van der Waals surface area contributed by atoms with Crippen LogP contribution in [0.25, 0.3) is 0 Å². The quantitative estimate of drug-likeness (QED) is 0.872. The summed E-state index contributed by atoms with van der Waals surface area (Å²) in [5.41, 5.74) is 9.51. The third-order valence-electron chi connectivity index (χ3n) is 3.85. The maximum atomic E-state index is 6.52. The van der Waals surface area contributed by atoms with Crippen LogP contribution in [0, 0.1) is 13.8 Å². The van der Waals surface area contributed by atoms with E-state index in [1.807, 2.05) is 13.0 Å². The number of methoxy groups -OCH3 is 1. The van der Waals surface area contributed by atoms with E-state index in [0.29, 0.717) is 0 Å². The summed E-state index contributed by atoms with van der Waals surface area (Å²) in [7, 11) is 1.70. The van der Waals surface area contributed by atoms with Crippen molar-refractivity contribution in [3.63, 3.8) is 0 Å². The Morgan fingerprint density at radius 3 is 2.41 bits per heavy atom. The van der Waals surface area contributed by atoms with Gasteiger partial charge in [0.15, 0.2) is 0 Å². The molecule has 3 heteroatoms. The Hall–Kier alpha value is -0.730. The van der Waals surface area contributed by atoms with Crippen LogP contribution in [0.15, 0.2) is 6.07 Å². The Morgan fingerprint density at radius 2 is 1.88 bits per heavy atom. The number of rotatable bonds is 2. The van der Waals surface area contributed by atoms with Crippen LogP contribution in [0.3, 0.4) is 0 Å². The van der Waals surface area contributed by atoms with Crippen LogP contribution in [0.4, 0.5) is 0 Å². The monoisotopic (exact) mass is 253 g/mol. The third-order valence-corrected chi connectivity index (χ3v) is 4.15. The molecular weight excluding hydrogens is 234 g/mol. The molecule has 1 aromatic rings. The number of ether oxygens (including phenoxy) is 1. The standard InChI is InChI=1S/C14H20ClNO/c1-9-8-11(15)12(10(2)13(9)17-3)14(16)6-4-5-7-14/h8H,4-7,16H2,1-3H3. The molecule has 0 saturated heterocycles. The molecule has 1 aliphatic carbocycles. The van der Waals surface area contributed by atoms with E-state index in [1.165, 1.54) is 12.8 Å². The molecule has 94 valence electrons. The van der Waals surface area contributed by atoms with Crippen molar-refractivity contribution in [1.82, 2.24) is 0 Å². The van der Waals surface area contributed by atoms with Gasteiger partial charge in [-0.3, -0.25) is 0 Å². The van der Waals surface area contributed by atoms with Crippen LogP contribution in [0.2, 0.25) is 5.02 Å². The molecule has 0 aliphatic heterocycles. The van der Waals surface area contributed by atoms with Crippen molar-refractivity contribution in [2.45, 2.75) is 45.1 Å². The summed E-state index contributed by atoms with van der Waals surface area (Å²) in [5, 5.41) is 0.783. The molecule has 2 nitrogen and oxygen atoms in total. The van der Waals surface area contributed by atoms with Crippen molar-refractivity contribution < 1.29 is 4.74 Å². The van der Waals surface area contributed by atoms with Gasteiger partial charge in [0.25, 0.3) is 0 Å². The zero-order valence-corrected chi connectivity index (χ0v) is 11.5. The van der Waals surface area contributed by atoms with Gasteiger partial charge in [0.1, 0.15) is 5.75 Å². The van der Waals surface area contributed by atoms with Gasteiger partial charge < -0.3 is 10.5 Å². The number of aryl methyl sites for hydroxylation is 1. The van der Waals surface area contributed by atoms with Gasteiger partial charge in [-0.15, -0.1) is 0 Å². The van der Waals surface area contributed by atoms with Gasteiger partial charge in [-0.05, 0) is 49.4 Å². The highest BCUT2D eigenvalue weighted by atomic mass is 35.5. The first-order valence-corrected chi connectivity index (χ1v) is 6.50. The Morgan fingerprint density at radius 1 is 1.29 bits per heavy atom. The summed E-state index contributed by atoms with van der Waals surface area (Å²) < 4.78 is 5.46. The number of hydrogen-bond donors (Lipinski definition) is 1. The number of halogens is 1. The second-order valence-corrected chi connectivity index (χ2v) is 5.48. The fourth-order valence-electron chi connectivity index (χ4n) is 3.10. The fraction of sp³-hybridized carbons (Fsp3) is 0.571. The molecule has 1 saturated carbocycles. The van der Waals surface area contributed by atoms with Crippen LogP contribution in [-0.2, 0) is 5.54 Å². The van der Waals surface area contributed by atoms with Gasteiger partial charge in [0, 0.05) is 10.6 Å². The second-order valence-electron chi connectivity index (χ2n) is 5.07. The average Bonchev–Trinajstić information content (AvgIpc) is 2.65. The maximum Gasteiger partial charge on any atom is 0.125 e. The van der Waals surface area contributed by atoms with E-state index in [0.717, 1.165) is 40.3 Å². The van der Waals surface area contributed by atoms with Crippen LogP contribution in [0.5, 0.6) is 5.75 Å². The minimum absolute atomic E-state index is 0.262. The predicted octanol–water partition coefficient (Wildman–Crippen LogP) is 3.69. The molecule has 1 aliphatic rings. The predicted molar refractivity (Wildman–Crippen MR) is 71.8 cm³/mol. The van der Waals surface area contributed by atoms with Crippen LogP contribution in [0.1, 0.15) is 42.4 Å². The van der Waals surface area contributed by atoms with E-state index in [9.17, 15) is 0 Å². The summed E-state index contributed by atoms with van der Waals surface area (Å²) in [5.74, 6) is 0.918. The lowest BCUT2D eigenvalue weighted by atomic mass is 9.85. The van der Waals surface area contributed by atoms with Gasteiger partial charge in [0.05, 0.1) is 7.11 Å². The van der Waals surface area contributed by atoms with Crippen LogP contribution in [-0.4, -0.2) is 7.11 Å². The van der Waals surface area contributed by atoms with Crippen LogP contribution >= 0.6 is 11.6 Å². The first kappa shape index (κ1) is 12.7. The molecule has 2 rings (SSSR count). The molecule has 0 spiro atoms. The van der Waals surface area contributed by atoms with Gasteiger partial charge in [-0.2, -0.15) is 0 Å². The van der Waals surface area contributed by atoms with E-state index in [2.05, 4.69) is 6.92 Å². The first-order chi connectivity index (χ1) is 7.99. The largest absolute Gasteiger partial charge is 0.496 e. The zero-order valence-electron chi connectivity index (χ0n) is 10.8. The summed E-state index contributed by atoms with van der Waals surface area (Å²) in [6, 6.07) is 1.97. The Labute approximate surface area is 108 Å². The lowest BCUT2D eigenvalue weighted by molar-refractivity contribution is 0.401. The van der Waals surface area contributed by atoms with Crippen LogP contribution < -0.4 is 10.5 Å². The summed E-state index contributed by atoms with van der Waals surface area (Å²) in [6.07, 6.45) is 4.39. The molecule has 1 fully saturated rings. The lowest BCUT2D eigenvalue weighted by Gasteiger charge is -2.29. The van der Waals surface area contributed by atoms with Crippen molar-refractivity contribution >= 4 is 11.6 Å². The van der Waals surface area contributed by atoms with Gasteiger partial charge in [0.2, 0.25) is 0 Å². The Kier molecular flexibility index (Phi) is 3.37. The molecule has 0 bridgehead atoms.